The van der Waals surface area contributed by atoms with E-state index < -0.39 is 0 Å². The van der Waals surface area contributed by atoms with E-state index in [1.54, 1.807) is 11.3 Å². The highest BCUT2D eigenvalue weighted by atomic mass is 35.5. The van der Waals surface area contributed by atoms with E-state index in [1.807, 2.05) is 6.07 Å². The third-order valence-corrected chi connectivity index (χ3v) is 5.43. The number of rotatable bonds is 3. The van der Waals surface area contributed by atoms with Crippen LogP contribution in [-0.2, 0) is 6.54 Å². The van der Waals surface area contributed by atoms with Gasteiger partial charge in [0.2, 0.25) is 0 Å². The molecule has 3 heterocycles. The second-order valence-corrected chi connectivity index (χ2v) is 7.35. The SMILES string of the molecule is Clc1ccc(CN2CCCC(C3CCCN3)C2)s1. The van der Waals surface area contributed by atoms with Crippen molar-refractivity contribution >= 4 is 22.9 Å². The molecule has 100 valence electrons. The Kier molecular flexibility index (Phi) is 4.24. The van der Waals surface area contributed by atoms with Crippen molar-refractivity contribution in [1.82, 2.24) is 10.2 Å². The Bertz CT molecular complexity index is 387. The van der Waals surface area contributed by atoms with Crippen molar-refractivity contribution in [2.75, 3.05) is 19.6 Å². The van der Waals surface area contributed by atoms with Crippen LogP contribution in [0.1, 0.15) is 30.6 Å². The van der Waals surface area contributed by atoms with Gasteiger partial charge < -0.3 is 5.32 Å². The topological polar surface area (TPSA) is 15.3 Å². The molecule has 0 aliphatic carbocycles. The first kappa shape index (κ1) is 12.9. The second-order valence-electron chi connectivity index (χ2n) is 5.55. The molecule has 4 heteroatoms. The quantitative estimate of drug-likeness (QED) is 0.916. The number of thiophene rings is 1. The normalized spacial score (nSPS) is 29.8. The van der Waals surface area contributed by atoms with E-state index in [0.29, 0.717) is 0 Å². The molecular formula is C14H21ClN2S. The maximum Gasteiger partial charge on any atom is 0.0931 e. The highest BCUT2D eigenvalue weighted by molar-refractivity contribution is 7.16. The molecule has 0 amide bonds. The lowest BCUT2D eigenvalue weighted by molar-refractivity contribution is 0.146. The molecule has 2 nitrogen and oxygen atoms in total. The highest BCUT2D eigenvalue weighted by Gasteiger charge is 2.28. The number of hydrogen-bond donors (Lipinski definition) is 1. The van der Waals surface area contributed by atoms with Gasteiger partial charge in [-0.25, -0.2) is 0 Å². The molecule has 2 unspecified atom stereocenters. The maximum absolute atomic E-state index is 6.00. The second kappa shape index (κ2) is 5.91. The van der Waals surface area contributed by atoms with Crippen LogP contribution in [0.3, 0.4) is 0 Å². The molecule has 1 aromatic heterocycles. The van der Waals surface area contributed by atoms with Crippen LogP contribution in [0.4, 0.5) is 0 Å². The fourth-order valence-corrected chi connectivity index (χ4v) is 4.46. The van der Waals surface area contributed by atoms with Crippen molar-refractivity contribution in [3.63, 3.8) is 0 Å². The summed E-state index contributed by atoms with van der Waals surface area (Å²) >= 11 is 7.72. The molecule has 3 rings (SSSR count). The summed E-state index contributed by atoms with van der Waals surface area (Å²) in [5.41, 5.74) is 0. The summed E-state index contributed by atoms with van der Waals surface area (Å²) in [7, 11) is 0. The van der Waals surface area contributed by atoms with E-state index in [0.717, 1.165) is 22.8 Å². The Morgan fingerprint density at radius 1 is 1.33 bits per heavy atom. The minimum Gasteiger partial charge on any atom is -0.314 e. The molecule has 2 fully saturated rings. The van der Waals surface area contributed by atoms with E-state index in [4.69, 9.17) is 11.6 Å². The molecule has 0 radical (unpaired) electrons. The zero-order chi connectivity index (χ0) is 12.4. The lowest BCUT2D eigenvalue weighted by Crippen LogP contribution is -2.43. The number of likely N-dealkylation sites (tertiary alicyclic amines) is 1. The van der Waals surface area contributed by atoms with E-state index in [-0.39, 0.29) is 0 Å². The molecule has 18 heavy (non-hydrogen) atoms. The Labute approximate surface area is 118 Å². The molecule has 2 atom stereocenters. The van der Waals surface area contributed by atoms with Gasteiger partial charge in [-0.3, -0.25) is 4.90 Å². The summed E-state index contributed by atoms with van der Waals surface area (Å²) in [6.07, 6.45) is 5.49. The molecule has 1 N–H and O–H groups in total. The predicted octanol–water partition coefficient (Wildman–Crippen LogP) is 3.37. The van der Waals surface area contributed by atoms with Crippen LogP contribution in [0.5, 0.6) is 0 Å². The Morgan fingerprint density at radius 2 is 2.28 bits per heavy atom. The van der Waals surface area contributed by atoms with Crippen LogP contribution in [0.2, 0.25) is 4.34 Å². The molecule has 0 aromatic carbocycles. The minimum absolute atomic E-state index is 0.778. The first-order valence-corrected chi connectivity index (χ1v) is 8.20. The van der Waals surface area contributed by atoms with Gasteiger partial charge in [0.05, 0.1) is 4.34 Å². The highest BCUT2D eigenvalue weighted by Crippen LogP contribution is 2.28. The molecule has 1 aromatic rings. The van der Waals surface area contributed by atoms with Gasteiger partial charge in [-0.1, -0.05) is 11.6 Å². The van der Waals surface area contributed by atoms with Crippen LogP contribution in [-0.4, -0.2) is 30.6 Å². The summed E-state index contributed by atoms with van der Waals surface area (Å²) in [5.74, 6) is 0.858. The first-order chi connectivity index (χ1) is 8.81. The third kappa shape index (κ3) is 3.08. The van der Waals surface area contributed by atoms with Crippen molar-refractivity contribution in [2.45, 2.75) is 38.3 Å². The Hall–Kier alpha value is -0.0900. The summed E-state index contributed by atoms with van der Waals surface area (Å²) in [5, 5.41) is 3.67. The minimum atomic E-state index is 0.778. The monoisotopic (exact) mass is 284 g/mol. The van der Waals surface area contributed by atoms with Gasteiger partial charge in [-0.15, -0.1) is 11.3 Å². The first-order valence-electron chi connectivity index (χ1n) is 7.01. The average Bonchev–Trinajstić information content (AvgIpc) is 3.01. The van der Waals surface area contributed by atoms with E-state index in [1.165, 1.54) is 50.2 Å². The van der Waals surface area contributed by atoms with Gasteiger partial charge in [-0.2, -0.15) is 0 Å². The molecule has 2 aliphatic heterocycles. The van der Waals surface area contributed by atoms with Crippen molar-refractivity contribution in [1.29, 1.82) is 0 Å². The fourth-order valence-electron chi connectivity index (χ4n) is 3.33. The van der Waals surface area contributed by atoms with Crippen LogP contribution < -0.4 is 5.32 Å². The molecule has 0 spiro atoms. The van der Waals surface area contributed by atoms with Crippen molar-refractivity contribution in [3.05, 3.63) is 21.3 Å². The molecule has 2 aliphatic rings. The summed E-state index contributed by atoms with van der Waals surface area (Å²) in [6.45, 7) is 4.81. The predicted molar refractivity (Wildman–Crippen MR) is 78.4 cm³/mol. The van der Waals surface area contributed by atoms with Crippen molar-refractivity contribution in [3.8, 4) is 0 Å². The summed E-state index contributed by atoms with van der Waals surface area (Å²) in [4.78, 5) is 4.01. The largest absolute Gasteiger partial charge is 0.314 e. The zero-order valence-electron chi connectivity index (χ0n) is 10.7. The van der Waals surface area contributed by atoms with Gasteiger partial charge in [0.15, 0.2) is 0 Å². The smallest absolute Gasteiger partial charge is 0.0931 e. The van der Waals surface area contributed by atoms with Crippen molar-refractivity contribution < 1.29 is 0 Å². The molecular weight excluding hydrogens is 264 g/mol. The molecule has 0 bridgehead atoms. The fraction of sp³-hybridized carbons (Fsp3) is 0.714. The van der Waals surface area contributed by atoms with E-state index in [2.05, 4.69) is 16.3 Å². The van der Waals surface area contributed by atoms with Gasteiger partial charge in [0.25, 0.3) is 0 Å². The molecule has 0 saturated carbocycles. The number of nitrogens with zero attached hydrogens (tertiary/aromatic N) is 1. The number of halogens is 1. The lowest BCUT2D eigenvalue weighted by Gasteiger charge is -2.35. The number of hydrogen-bond acceptors (Lipinski definition) is 3. The van der Waals surface area contributed by atoms with Crippen LogP contribution >= 0.6 is 22.9 Å². The lowest BCUT2D eigenvalue weighted by atomic mass is 9.90. The standard InChI is InChI=1S/C14H21ClN2S/c15-14-6-5-12(18-14)10-17-8-2-3-11(9-17)13-4-1-7-16-13/h5-6,11,13,16H,1-4,7-10H2. The van der Waals surface area contributed by atoms with Gasteiger partial charge >= 0.3 is 0 Å². The van der Waals surface area contributed by atoms with E-state index >= 15 is 0 Å². The van der Waals surface area contributed by atoms with Crippen LogP contribution in [0.15, 0.2) is 12.1 Å². The number of piperidine rings is 1. The van der Waals surface area contributed by atoms with E-state index in [9.17, 15) is 0 Å². The van der Waals surface area contributed by atoms with Crippen LogP contribution in [0, 0.1) is 5.92 Å². The van der Waals surface area contributed by atoms with Gasteiger partial charge in [0, 0.05) is 24.0 Å². The summed E-state index contributed by atoms with van der Waals surface area (Å²) < 4.78 is 0.913. The zero-order valence-corrected chi connectivity index (χ0v) is 12.3. The maximum atomic E-state index is 6.00. The van der Waals surface area contributed by atoms with Gasteiger partial charge in [0.1, 0.15) is 0 Å². The Balaban J connectivity index is 1.56. The van der Waals surface area contributed by atoms with Crippen molar-refractivity contribution in [2.24, 2.45) is 5.92 Å². The molecule has 2 saturated heterocycles. The van der Waals surface area contributed by atoms with Crippen LogP contribution in [0.25, 0.3) is 0 Å². The average molecular weight is 285 g/mol. The number of nitrogens with one attached hydrogen (secondary N) is 1. The third-order valence-electron chi connectivity index (χ3n) is 4.22. The Morgan fingerprint density at radius 3 is 3.00 bits per heavy atom. The van der Waals surface area contributed by atoms with Gasteiger partial charge in [-0.05, 0) is 56.8 Å². The summed E-state index contributed by atoms with van der Waals surface area (Å²) in [6, 6.07) is 4.96.